The van der Waals surface area contributed by atoms with E-state index < -0.39 is 22.0 Å². The van der Waals surface area contributed by atoms with Crippen LogP contribution < -0.4 is 0 Å². The van der Waals surface area contributed by atoms with Crippen LogP contribution in [0, 0.1) is 10.1 Å². The maximum absolute atomic E-state index is 11.0. The second-order valence-corrected chi connectivity index (χ2v) is 3.45. The molecule has 0 saturated carbocycles. The molecule has 0 saturated heterocycles. The van der Waals surface area contributed by atoms with Crippen molar-refractivity contribution >= 4 is 16.8 Å². The van der Waals surface area contributed by atoms with Gasteiger partial charge < -0.3 is 9.47 Å². The number of ether oxygens (including phenoxy) is 2. The van der Waals surface area contributed by atoms with Crippen molar-refractivity contribution in [3.05, 3.63) is 33.9 Å². The summed E-state index contributed by atoms with van der Waals surface area (Å²) in [7, 11) is 2.48. The van der Waals surface area contributed by atoms with Crippen LogP contribution in [0.3, 0.4) is 0 Å². The van der Waals surface area contributed by atoms with Crippen LogP contribution in [0.1, 0.15) is 0 Å². The number of halogens is 1. The summed E-state index contributed by atoms with van der Waals surface area (Å²) < 4.78 is 9.80. The molecular formula is C9H10ClNO5. The number of carbonyl (C=O) groups excluding carboxylic acids is 1. The minimum absolute atomic E-state index is 0.00789. The van der Waals surface area contributed by atoms with Gasteiger partial charge in [0.1, 0.15) is 0 Å². The molecule has 1 aliphatic carbocycles. The summed E-state index contributed by atoms with van der Waals surface area (Å²) in [6.07, 6.45) is 2.87. The van der Waals surface area contributed by atoms with Crippen molar-refractivity contribution in [1.29, 1.82) is 0 Å². The van der Waals surface area contributed by atoms with Crippen LogP contribution in [-0.4, -0.2) is 36.2 Å². The zero-order valence-electron chi connectivity index (χ0n) is 8.68. The number of carbonyl (C=O) groups is 1. The van der Waals surface area contributed by atoms with E-state index in [-0.39, 0.29) is 5.57 Å². The Morgan fingerprint density at radius 2 is 2.25 bits per heavy atom. The normalized spacial score (nSPS) is 28.7. The minimum Gasteiger partial charge on any atom is -0.367 e. The summed E-state index contributed by atoms with van der Waals surface area (Å²) in [6.45, 7) is 0. The maximum atomic E-state index is 11.0. The van der Waals surface area contributed by atoms with Gasteiger partial charge in [-0.2, -0.15) is 0 Å². The fourth-order valence-electron chi connectivity index (χ4n) is 1.46. The lowest BCUT2D eigenvalue weighted by atomic mass is 9.97. The summed E-state index contributed by atoms with van der Waals surface area (Å²) in [4.78, 5) is 21.3. The smallest absolute Gasteiger partial charge is 0.367 e. The molecule has 16 heavy (non-hydrogen) atoms. The highest BCUT2D eigenvalue weighted by molar-refractivity contribution is 6.68. The largest absolute Gasteiger partial charge is 0.375 e. The molecule has 1 aliphatic rings. The molecule has 0 aromatic rings. The van der Waals surface area contributed by atoms with Crippen molar-refractivity contribution in [2.45, 2.75) is 11.8 Å². The highest BCUT2D eigenvalue weighted by Crippen LogP contribution is 2.28. The maximum Gasteiger partial charge on any atom is 0.375 e. The molecule has 0 N–H and O–H groups in total. The number of methoxy groups -OCH3 is 2. The molecule has 0 bridgehead atoms. The Hall–Kier alpha value is -1.24. The van der Waals surface area contributed by atoms with E-state index in [9.17, 15) is 14.9 Å². The van der Waals surface area contributed by atoms with Gasteiger partial charge in [-0.3, -0.25) is 14.9 Å². The first-order chi connectivity index (χ1) is 7.47. The standard InChI is InChI=1S/C9H10ClNO5/c1-15-7-4-3-6(8(10)12)5-9(7,16-2)11(13)14/h3-5,7H,1-2H3. The Kier molecular flexibility index (Phi) is 3.79. The highest BCUT2D eigenvalue weighted by Gasteiger charge is 2.51. The molecule has 2 atom stereocenters. The average molecular weight is 248 g/mol. The molecule has 7 heteroatoms. The lowest BCUT2D eigenvalue weighted by molar-refractivity contribution is -0.621. The van der Waals surface area contributed by atoms with Crippen LogP contribution in [0.5, 0.6) is 0 Å². The SMILES string of the molecule is COC1C=CC(C(=O)Cl)=CC1(OC)[N+](=O)[O-]. The predicted octanol–water partition coefficient (Wildman–Crippen LogP) is 0.882. The van der Waals surface area contributed by atoms with Crippen LogP contribution in [0.15, 0.2) is 23.8 Å². The van der Waals surface area contributed by atoms with Gasteiger partial charge in [-0.05, 0) is 17.7 Å². The molecule has 6 nitrogen and oxygen atoms in total. The quantitative estimate of drug-likeness (QED) is 0.319. The summed E-state index contributed by atoms with van der Waals surface area (Å²) in [6, 6.07) is 0. The van der Waals surface area contributed by atoms with E-state index in [4.69, 9.17) is 21.1 Å². The number of nitro groups is 1. The van der Waals surface area contributed by atoms with Crippen LogP contribution in [0.25, 0.3) is 0 Å². The number of nitrogens with zero attached hydrogens (tertiary/aromatic N) is 1. The fraction of sp³-hybridized carbons (Fsp3) is 0.444. The third-order valence-electron chi connectivity index (χ3n) is 2.31. The van der Waals surface area contributed by atoms with Gasteiger partial charge in [0.05, 0.1) is 4.92 Å². The van der Waals surface area contributed by atoms with Crippen LogP contribution in [-0.2, 0) is 14.3 Å². The number of allylic oxidation sites excluding steroid dienone is 2. The predicted molar refractivity (Wildman–Crippen MR) is 55.6 cm³/mol. The Morgan fingerprint density at radius 3 is 2.62 bits per heavy atom. The van der Waals surface area contributed by atoms with E-state index in [1.165, 1.54) is 26.4 Å². The Morgan fingerprint density at radius 1 is 1.62 bits per heavy atom. The minimum atomic E-state index is -1.91. The molecule has 0 spiro atoms. The Balaban J connectivity index is 3.24. The van der Waals surface area contributed by atoms with Crippen molar-refractivity contribution in [2.75, 3.05) is 14.2 Å². The summed E-state index contributed by atoms with van der Waals surface area (Å²) in [5.41, 5.74) is -1.91. The van der Waals surface area contributed by atoms with Gasteiger partial charge in [-0.25, -0.2) is 0 Å². The number of hydrogen-bond acceptors (Lipinski definition) is 5. The van der Waals surface area contributed by atoms with Gasteiger partial charge in [0, 0.05) is 25.9 Å². The van der Waals surface area contributed by atoms with E-state index in [1.54, 1.807) is 0 Å². The van der Waals surface area contributed by atoms with E-state index in [0.717, 1.165) is 6.08 Å². The van der Waals surface area contributed by atoms with Crippen molar-refractivity contribution < 1.29 is 19.2 Å². The van der Waals surface area contributed by atoms with Crippen molar-refractivity contribution in [1.82, 2.24) is 0 Å². The molecular weight excluding hydrogens is 238 g/mol. The van der Waals surface area contributed by atoms with Crippen LogP contribution >= 0.6 is 11.6 Å². The van der Waals surface area contributed by atoms with Gasteiger partial charge >= 0.3 is 5.72 Å². The molecule has 0 aliphatic heterocycles. The van der Waals surface area contributed by atoms with Crippen LogP contribution in [0.4, 0.5) is 0 Å². The topological polar surface area (TPSA) is 78.7 Å². The first-order valence-corrected chi connectivity index (χ1v) is 4.69. The summed E-state index contributed by atoms with van der Waals surface area (Å²) in [5.74, 6) is 0. The molecule has 1 rings (SSSR count). The molecule has 0 radical (unpaired) electrons. The van der Waals surface area contributed by atoms with E-state index in [1.807, 2.05) is 0 Å². The van der Waals surface area contributed by atoms with Gasteiger partial charge in [0.2, 0.25) is 0 Å². The molecule has 0 fully saturated rings. The summed E-state index contributed by atoms with van der Waals surface area (Å²) >= 11 is 5.26. The zero-order chi connectivity index (χ0) is 12.3. The Bertz CT molecular complexity index is 378. The van der Waals surface area contributed by atoms with Crippen molar-refractivity contribution in [2.24, 2.45) is 0 Å². The first-order valence-electron chi connectivity index (χ1n) is 4.31. The number of hydrogen-bond donors (Lipinski definition) is 0. The van der Waals surface area contributed by atoms with Gasteiger partial charge in [-0.15, -0.1) is 0 Å². The average Bonchev–Trinajstić information content (AvgIpc) is 2.27. The second kappa shape index (κ2) is 4.73. The van der Waals surface area contributed by atoms with Crippen molar-refractivity contribution in [3.8, 4) is 0 Å². The third-order valence-corrected chi connectivity index (χ3v) is 2.53. The number of rotatable bonds is 4. The monoisotopic (exact) mass is 247 g/mol. The Labute approximate surface area is 96.6 Å². The van der Waals surface area contributed by atoms with E-state index in [2.05, 4.69) is 0 Å². The molecule has 2 unspecified atom stereocenters. The summed E-state index contributed by atoms with van der Waals surface area (Å²) in [5, 5.41) is 10.2. The van der Waals surface area contributed by atoms with E-state index >= 15 is 0 Å². The second-order valence-electron chi connectivity index (χ2n) is 3.10. The molecule has 0 aromatic heterocycles. The van der Waals surface area contributed by atoms with Gasteiger partial charge in [-0.1, -0.05) is 6.08 Å². The fourth-order valence-corrected chi connectivity index (χ4v) is 1.58. The lowest BCUT2D eigenvalue weighted by Gasteiger charge is -2.28. The van der Waals surface area contributed by atoms with Gasteiger partial charge in [0.25, 0.3) is 5.24 Å². The molecule has 0 heterocycles. The lowest BCUT2D eigenvalue weighted by Crippen LogP contribution is -2.51. The molecule has 88 valence electrons. The molecule has 0 aromatic carbocycles. The first kappa shape index (κ1) is 12.8. The van der Waals surface area contributed by atoms with E-state index in [0.29, 0.717) is 0 Å². The third kappa shape index (κ3) is 1.99. The zero-order valence-corrected chi connectivity index (χ0v) is 9.43. The van der Waals surface area contributed by atoms with Crippen molar-refractivity contribution in [3.63, 3.8) is 0 Å². The molecule has 0 amide bonds. The highest BCUT2D eigenvalue weighted by atomic mass is 35.5. The van der Waals surface area contributed by atoms with Gasteiger partial charge in [0.15, 0.2) is 6.10 Å². The van der Waals surface area contributed by atoms with Crippen LogP contribution in [0.2, 0.25) is 0 Å².